The molecule has 3 aromatic rings. The highest BCUT2D eigenvalue weighted by Crippen LogP contribution is 2.39. The minimum atomic E-state index is -0.247. The van der Waals surface area contributed by atoms with E-state index in [0.29, 0.717) is 51.7 Å². The van der Waals surface area contributed by atoms with Crippen molar-refractivity contribution < 1.29 is 19.0 Å². The van der Waals surface area contributed by atoms with Crippen LogP contribution in [0, 0.1) is 5.92 Å². The van der Waals surface area contributed by atoms with Crippen LogP contribution < -0.4 is 25.1 Å². The van der Waals surface area contributed by atoms with Gasteiger partial charge < -0.3 is 19.5 Å². The summed E-state index contributed by atoms with van der Waals surface area (Å²) in [6.07, 6.45) is 2.44. The van der Waals surface area contributed by atoms with Crippen LogP contribution in [0.25, 0.3) is 16.5 Å². The second-order valence-electron chi connectivity index (χ2n) is 7.59. The fourth-order valence-corrected chi connectivity index (χ4v) is 3.44. The summed E-state index contributed by atoms with van der Waals surface area (Å²) in [5.74, 6) is 1.51. The first-order chi connectivity index (χ1) is 14.9. The van der Waals surface area contributed by atoms with Gasteiger partial charge >= 0.3 is 0 Å². The second kappa shape index (κ2) is 9.55. The van der Waals surface area contributed by atoms with Gasteiger partial charge in [0.15, 0.2) is 11.5 Å². The Hall–Kier alpha value is -3.48. The van der Waals surface area contributed by atoms with Gasteiger partial charge in [-0.05, 0) is 18.4 Å². The molecule has 164 valence electrons. The third-order valence-corrected chi connectivity index (χ3v) is 5.10. The zero-order valence-electron chi connectivity index (χ0n) is 18.5. The van der Waals surface area contributed by atoms with Crippen LogP contribution in [-0.4, -0.2) is 38.3 Å². The van der Waals surface area contributed by atoms with Crippen LogP contribution in [-0.2, 0) is 0 Å². The van der Waals surface area contributed by atoms with Gasteiger partial charge in [0.25, 0.3) is 11.5 Å². The van der Waals surface area contributed by atoms with E-state index in [0.717, 1.165) is 6.42 Å². The lowest BCUT2D eigenvalue weighted by Crippen LogP contribution is -2.28. The Balaban J connectivity index is 2.19. The molecular formula is C24H28N2O5. The van der Waals surface area contributed by atoms with Crippen molar-refractivity contribution in [3.05, 3.63) is 58.5 Å². The fraction of sp³-hybridized carbons (Fsp3) is 0.333. The third-order valence-electron chi connectivity index (χ3n) is 5.10. The topological polar surface area (TPSA) is 78.8 Å². The minimum absolute atomic E-state index is 0.224. The molecule has 1 aromatic heterocycles. The number of benzene rings is 2. The van der Waals surface area contributed by atoms with Crippen molar-refractivity contribution in [3.8, 4) is 22.9 Å². The Morgan fingerprint density at radius 2 is 1.61 bits per heavy atom. The molecule has 0 spiro atoms. The molecule has 7 nitrogen and oxygen atoms in total. The smallest absolute Gasteiger partial charge is 0.263 e. The van der Waals surface area contributed by atoms with Gasteiger partial charge in [0.1, 0.15) is 0 Å². The lowest BCUT2D eigenvalue weighted by atomic mass is 10.1. The molecular weight excluding hydrogens is 396 g/mol. The van der Waals surface area contributed by atoms with Crippen molar-refractivity contribution in [1.82, 2.24) is 9.88 Å². The molecule has 0 unspecified atom stereocenters. The number of hydrogen-bond acceptors (Lipinski definition) is 5. The largest absolute Gasteiger partial charge is 0.493 e. The zero-order chi connectivity index (χ0) is 22.5. The van der Waals surface area contributed by atoms with E-state index in [2.05, 4.69) is 19.2 Å². The van der Waals surface area contributed by atoms with E-state index < -0.39 is 0 Å². The molecule has 7 heteroatoms. The highest BCUT2D eigenvalue weighted by molar-refractivity contribution is 6.06. The van der Waals surface area contributed by atoms with Gasteiger partial charge in [-0.25, -0.2) is 0 Å². The van der Waals surface area contributed by atoms with Gasteiger partial charge in [0, 0.05) is 35.6 Å². The van der Waals surface area contributed by atoms with Gasteiger partial charge in [-0.15, -0.1) is 0 Å². The van der Waals surface area contributed by atoms with E-state index in [-0.39, 0.29) is 11.5 Å². The van der Waals surface area contributed by atoms with Gasteiger partial charge in [0.2, 0.25) is 5.75 Å². The standard InChI is InChI=1S/C24H28N2O5/c1-15(2)10-11-25-23(27)19-14-26(24(28)18-9-7-6-8-17(18)19)16-12-20(29-3)22(31-5)21(13-16)30-4/h6-9,12-15H,10-11H2,1-5H3,(H,25,27). The lowest BCUT2D eigenvalue weighted by molar-refractivity contribution is 0.0953. The number of rotatable bonds is 8. The zero-order valence-corrected chi connectivity index (χ0v) is 18.5. The summed E-state index contributed by atoms with van der Waals surface area (Å²) in [6.45, 7) is 4.77. The van der Waals surface area contributed by atoms with E-state index in [4.69, 9.17) is 14.2 Å². The molecule has 0 saturated heterocycles. The van der Waals surface area contributed by atoms with Gasteiger partial charge in [-0.3, -0.25) is 14.2 Å². The molecule has 0 fully saturated rings. The van der Waals surface area contributed by atoms with Crippen LogP contribution in [0.4, 0.5) is 0 Å². The van der Waals surface area contributed by atoms with Crippen molar-refractivity contribution in [3.63, 3.8) is 0 Å². The molecule has 3 rings (SSSR count). The van der Waals surface area contributed by atoms with Crippen molar-refractivity contribution in [2.45, 2.75) is 20.3 Å². The number of carbonyl (C=O) groups is 1. The number of nitrogens with one attached hydrogen (secondary N) is 1. The van der Waals surface area contributed by atoms with Crippen molar-refractivity contribution in [2.24, 2.45) is 5.92 Å². The van der Waals surface area contributed by atoms with E-state index in [9.17, 15) is 9.59 Å². The molecule has 0 aliphatic carbocycles. The molecule has 0 radical (unpaired) electrons. The Morgan fingerprint density at radius 1 is 1.00 bits per heavy atom. The molecule has 31 heavy (non-hydrogen) atoms. The maximum atomic E-state index is 13.3. The number of aromatic nitrogens is 1. The summed E-state index contributed by atoms with van der Waals surface area (Å²) < 4.78 is 17.7. The van der Waals surface area contributed by atoms with E-state index in [1.165, 1.54) is 25.9 Å². The first kappa shape index (κ1) is 22.2. The number of methoxy groups -OCH3 is 3. The Morgan fingerprint density at radius 3 is 2.16 bits per heavy atom. The van der Waals surface area contributed by atoms with Gasteiger partial charge in [-0.1, -0.05) is 32.0 Å². The Labute approximate surface area is 181 Å². The summed E-state index contributed by atoms with van der Waals surface area (Å²) in [4.78, 5) is 26.3. The summed E-state index contributed by atoms with van der Waals surface area (Å²) in [5.41, 5.74) is 0.679. The van der Waals surface area contributed by atoms with Gasteiger partial charge in [0.05, 0.1) is 32.6 Å². The predicted molar refractivity (Wildman–Crippen MR) is 121 cm³/mol. The first-order valence-electron chi connectivity index (χ1n) is 10.1. The molecule has 0 aliphatic rings. The summed E-state index contributed by atoms with van der Waals surface area (Å²) in [7, 11) is 4.54. The molecule has 0 bridgehead atoms. The van der Waals surface area contributed by atoms with Crippen LogP contribution in [0.15, 0.2) is 47.4 Å². The quantitative estimate of drug-likeness (QED) is 0.595. The number of ether oxygens (including phenoxy) is 3. The van der Waals surface area contributed by atoms with Crippen molar-refractivity contribution in [1.29, 1.82) is 0 Å². The summed E-state index contributed by atoms with van der Waals surface area (Å²) >= 11 is 0. The van der Waals surface area contributed by atoms with Crippen LogP contribution in [0.2, 0.25) is 0 Å². The van der Waals surface area contributed by atoms with Crippen LogP contribution in [0.1, 0.15) is 30.6 Å². The number of pyridine rings is 1. The minimum Gasteiger partial charge on any atom is -0.493 e. The van der Waals surface area contributed by atoms with Crippen LogP contribution in [0.5, 0.6) is 17.2 Å². The predicted octanol–water partition coefficient (Wildman–Crippen LogP) is 3.79. The number of hydrogen-bond donors (Lipinski definition) is 1. The Kier molecular flexibility index (Phi) is 6.84. The van der Waals surface area contributed by atoms with E-state index in [1.807, 2.05) is 6.07 Å². The van der Waals surface area contributed by atoms with Crippen LogP contribution in [0.3, 0.4) is 0 Å². The van der Waals surface area contributed by atoms with Crippen molar-refractivity contribution >= 4 is 16.7 Å². The average molecular weight is 424 g/mol. The maximum absolute atomic E-state index is 13.3. The van der Waals surface area contributed by atoms with Crippen molar-refractivity contribution in [2.75, 3.05) is 27.9 Å². The molecule has 1 amide bonds. The Bertz CT molecular complexity index is 1130. The number of fused-ring (bicyclic) bond motifs is 1. The highest BCUT2D eigenvalue weighted by Gasteiger charge is 2.19. The van der Waals surface area contributed by atoms with Crippen LogP contribution >= 0.6 is 0 Å². The molecule has 0 atom stereocenters. The second-order valence-corrected chi connectivity index (χ2v) is 7.59. The first-order valence-corrected chi connectivity index (χ1v) is 10.1. The fourth-order valence-electron chi connectivity index (χ4n) is 3.44. The molecule has 1 heterocycles. The average Bonchev–Trinajstić information content (AvgIpc) is 2.78. The molecule has 2 aromatic carbocycles. The number of nitrogens with zero attached hydrogens (tertiary/aromatic N) is 1. The normalized spacial score (nSPS) is 10.9. The molecule has 0 saturated carbocycles. The number of amides is 1. The summed E-state index contributed by atoms with van der Waals surface area (Å²) in [6, 6.07) is 10.5. The molecule has 1 N–H and O–H groups in total. The lowest BCUT2D eigenvalue weighted by Gasteiger charge is -2.17. The van der Waals surface area contributed by atoms with Gasteiger partial charge in [-0.2, -0.15) is 0 Å². The maximum Gasteiger partial charge on any atom is 0.263 e. The molecule has 0 aliphatic heterocycles. The van der Waals surface area contributed by atoms with E-state index >= 15 is 0 Å². The third kappa shape index (κ3) is 4.50. The monoisotopic (exact) mass is 424 g/mol. The van der Waals surface area contributed by atoms with E-state index in [1.54, 1.807) is 36.5 Å². The SMILES string of the molecule is COc1cc(-n2cc(C(=O)NCCC(C)C)c3ccccc3c2=O)cc(OC)c1OC. The highest BCUT2D eigenvalue weighted by atomic mass is 16.5. The summed E-state index contributed by atoms with van der Waals surface area (Å²) in [5, 5.41) is 4.02. The number of carbonyl (C=O) groups excluding carboxylic acids is 1.